The van der Waals surface area contributed by atoms with Crippen molar-refractivity contribution in [3.63, 3.8) is 0 Å². The minimum absolute atomic E-state index is 0.00639. The fraction of sp³-hybridized carbons (Fsp3) is 0.182. The molecule has 1 heterocycles. The van der Waals surface area contributed by atoms with E-state index in [0.717, 1.165) is 6.07 Å². The van der Waals surface area contributed by atoms with Crippen LogP contribution >= 0.6 is 11.6 Å². The van der Waals surface area contributed by atoms with Gasteiger partial charge in [-0.1, -0.05) is 11.6 Å². The minimum Gasteiger partial charge on any atom is -0.460 e. The van der Waals surface area contributed by atoms with Crippen molar-refractivity contribution >= 4 is 34.4 Å². The zero-order valence-corrected chi connectivity index (χ0v) is 9.89. The van der Waals surface area contributed by atoms with Gasteiger partial charge < -0.3 is 9.15 Å². The SMILES string of the molecule is COC(=O)Nc1c(F)cc(Cl)c2oc(C)cc12. The first-order valence-corrected chi connectivity index (χ1v) is 5.14. The van der Waals surface area contributed by atoms with Crippen LogP contribution < -0.4 is 5.32 Å². The standard InChI is InChI=1S/C11H9ClFNO3/c1-5-3-6-9(14-11(15)16-2)8(13)4-7(12)10(6)17-5/h3-4H,1-2H3,(H,14,15). The highest BCUT2D eigenvalue weighted by Crippen LogP contribution is 2.34. The summed E-state index contributed by atoms with van der Waals surface area (Å²) in [7, 11) is 1.20. The van der Waals surface area contributed by atoms with Crippen molar-refractivity contribution in [2.75, 3.05) is 12.4 Å². The van der Waals surface area contributed by atoms with E-state index in [-0.39, 0.29) is 10.7 Å². The number of carbonyl (C=O) groups is 1. The summed E-state index contributed by atoms with van der Waals surface area (Å²) in [5, 5.41) is 2.84. The number of methoxy groups -OCH3 is 1. The molecule has 1 aromatic heterocycles. The predicted octanol–water partition coefficient (Wildman–Crippen LogP) is 3.71. The van der Waals surface area contributed by atoms with Gasteiger partial charge in [-0.25, -0.2) is 9.18 Å². The number of anilines is 1. The Bertz CT molecular complexity index is 594. The quantitative estimate of drug-likeness (QED) is 0.847. The van der Waals surface area contributed by atoms with Crippen LogP contribution in [0, 0.1) is 12.7 Å². The van der Waals surface area contributed by atoms with Crippen molar-refractivity contribution in [2.45, 2.75) is 6.92 Å². The number of halogens is 2. The van der Waals surface area contributed by atoms with Crippen LogP contribution in [0.1, 0.15) is 5.76 Å². The highest BCUT2D eigenvalue weighted by molar-refractivity contribution is 6.35. The number of carbonyl (C=O) groups excluding carboxylic acids is 1. The van der Waals surface area contributed by atoms with Gasteiger partial charge in [0.15, 0.2) is 5.58 Å². The lowest BCUT2D eigenvalue weighted by Gasteiger charge is -2.06. The van der Waals surface area contributed by atoms with Crippen molar-refractivity contribution in [2.24, 2.45) is 0 Å². The first-order valence-electron chi connectivity index (χ1n) is 4.76. The third-order valence-electron chi connectivity index (χ3n) is 2.25. The van der Waals surface area contributed by atoms with E-state index in [1.54, 1.807) is 13.0 Å². The molecular weight excluding hydrogens is 249 g/mol. The number of amides is 1. The summed E-state index contributed by atoms with van der Waals surface area (Å²) in [6.07, 6.45) is -0.758. The van der Waals surface area contributed by atoms with Gasteiger partial charge in [0, 0.05) is 5.39 Å². The molecule has 0 aliphatic heterocycles. The number of aryl methyl sites for hydroxylation is 1. The van der Waals surface area contributed by atoms with Crippen LogP contribution in [0.4, 0.5) is 14.9 Å². The smallest absolute Gasteiger partial charge is 0.411 e. The molecule has 0 unspecified atom stereocenters. The summed E-state index contributed by atoms with van der Waals surface area (Å²) >= 11 is 5.84. The second kappa shape index (κ2) is 4.25. The third-order valence-corrected chi connectivity index (χ3v) is 2.53. The van der Waals surface area contributed by atoms with Crippen LogP contribution in [0.25, 0.3) is 11.0 Å². The molecule has 0 spiro atoms. The summed E-state index contributed by atoms with van der Waals surface area (Å²) in [6.45, 7) is 1.70. The van der Waals surface area contributed by atoms with Gasteiger partial charge in [0.1, 0.15) is 11.6 Å². The van der Waals surface area contributed by atoms with Gasteiger partial charge in [-0.2, -0.15) is 0 Å². The van der Waals surface area contributed by atoms with E-state index in [9.17, 15) is 9.18 Å². The number of hydrogen-bond acceptors (Lipinski definition) is 3. The molecule has 0 saturated heterocycles. The van der Waals surface area contributed by atoms with Crippen molar-refractivity contribution in [3.05, 3.63) is 28.7 Å². The summed E-state index contributed by atoms with van der Waals surface area (Å²) in [6, 6.07) is 2.67. The Morgan fingerprint density at radius 3 is 2.88 bits per heavy atom. The lowest BCUT2D eigenvalue weighted by Crippen LogP contribution is -2.12. The molecule has 4 nitrogen and oxygen atoms in total. The van der Waals surface area contributed by atoms with Gasteiger partial charge in [0.05, 0.1) is 17.8 Å². The van der Waals surface area contributed by atoms with Gasteiger partial charge in [0.2, 0.25) is 0 Å². The lowest BCUT2D eigenvalue weighted by atomic mass is 10.2. The van der Waals surface area contributed by atoms with Crippen molar-refractivity contribution < 1.29 is 18.3 Å². The summed E-state index contributed by atoms with van der Waals surface area (Å²) in [5.74, 6) is -0.0749. The van der Waals surface area contributed by atoms with Gasteiger partial charge in [-0.05, 0) is 19.1 Å². The Kier molecular flexibility index (Phi) is 2.93. The van der Waals surface area contributed by atoms with Gasteiger partial charge in [0.25, 0.3) is 0 Å². The Balaban J connectivity index is 2.64. The fourth-order valence-corrected chi connectivity index (χ4v) is 1.77. The predicted molar refractivity (Wildman–Crippen MR) is 61.9 cm³/mol. The molecule has 0 saturated carbocycles. The van der Waals surface area contributed by atoms with E-state index in [1.807, 2.05) is 0 Å². The Morgan fingerprint density at radius 2 is 2.24 bits per heavy atom. The van der Waals surface area contributed by atoms with E-state index in [1.165, 1.54) is 7.11 Å². The molecule has 2 aromatic rings. The molecule has 6 heteroatoms. The maximum Gasteiger partial charge on any atom is 0.411 e. The largest absolute Gasteiger partial charge is 0.460 e. The van der Waals surface area contributed by atoms with E-state index in [4.69, 9.17) is 16.0 Å². The minimum atomic E-state index is -0.758. The average molecular weight is 258 g/mol. The molecule has 0 bridgehead atoms. The molecule has 1 aromatic carbocycles. The molecule has 0 atom stereocenters. The monoisotopic (exact) mass is 257 g/mol. The van der Waals surface area contributed by atoms with Gasteiger partial charge >= 0.3 is 6.09 Å². The number of hydrogen-bond donors (Lipinski definition) is 1. The second-order valence-corrected chi connectivity index (χ2v) is 3.84. The van der Waals surface area contributed by atoms with Crippen molar-refractivity contribution in [1.82, 2.24) is 0 Å². The molecule has 0 aliphatic carbocycles. The normalized spacial score (nSPS) is 10.6. The number of nitrogens with one attached hydrogen (secondary N) is 1. The molecule has 1 N–H and O–H groups in total. The van der Waals surface area contributed by atoms with Crippen molar-refractivity contribution in [3.8, 4) is 0 Å². The summed E-state index contributed by atoms with van der Waals surface area (Å²) in [5.41, 5.74) is 0.324. The zero-order valence-electron chi connectivity index (χ0n) is 9.14. The van der Waals surface area contributed by atoms with Gasteiger partial charge in [-0.3, -0.25) is 5.32 Å². The summed E-state index contributed by atoms with van der Waals surface area (Å²) in [4.78, 5) is 11.1. The second-order valence-electron chi connectivity index (χ2n) is 3.43. The van der Waals surface area contributed by atoms with Crippen LogP contribution in [0.5, 0.6) is 0 Å². The fourth-order valence-electron chi connectivity index (χ4n) is 1.54. The van der Waals surface area contributed by atoms with Gasteiger partial charge in [-0.15, -0.1) is 0 Å². The molecule has 0 aliphatic rings. The first-order chi connectivity index (χ1) is 8.02. The number of rotatable bonds is 1. The Labute approximate surface area is 101 Å². The molecule has 90 valence electrons. The van der Waals surface area contributed by atoms with Crippen LogP contribution in [0.3, 0.4) is 0 Å². The summed E-state index contributed by atoms with van der Waals surface area (Å²) < 4.78 is 23.4. The van der Waals surface area contributed by atoms with Crippen LogP contribution in [-0.4, -0.2) is 13.2 Å². The molecule has 1 amide bonds. The third kappa shape index (κ3) is 2.06. The first kappa shape index (κ1) is 11.7. The van der Waals surface area contributed by atoms with Crippen LogP contribution in [-0.2, 0) is 4.74 Å². The van der Waals surface area contributed by atoms with Crippen molar-refractivity contribution in [1.29, 1.82) is 0 Å². The Hall–Kier alpha value is -1.75. The molecule has 17 heavy (non-hydrogen) atoms. The average Bonchev–Trinajstić information content (AvgIpc) is 2.66. The van der Waals surface area contributed by atoms with E-state index < -0.39 is 11.9 Å². The Morgan fingerprint density at radius 1 is 1.53 bits per heavy atom. The highest BCUT2D eigenvalue weighted by Gasteiger charge is 2.17. The maximum atomic E-state index is 13.7. The topological polar surface area (TPSA) is 51.5 Å². The number of fused-ring (bicyclic) bond motifs is 1. The zero-order chi connectivity index (χ0) is 12.6. The highest BCUT2D eigenvalue weighted by atomic mass is 35.5. The molecule has 0 radical (unpaired) electrons. The molecule has 0 fully saturated rings. The number of ether oxygens (including phenoxy) is 1. The van der Waals surface area contributed by atoms with E-state index in [0.29, 0.717) is 16.7 Å². The van der Waals surface area contributed by atoms with Crippen LogP contribution in [0.15, 0.2) is 16.5 Å². The maximum absolute atomic E-state index is 13.7. The number of benzene rings is 1. The van der Waals surface area contributed by atoms with E-state index >= 15 is 0 Å². The number of furan rings is 1. The molecule has 2 rings (SSSR count). The van der Waals surface area contributed by atoms with E-state index in [2.05, 4.69) is 10.1 Å². The van der Waals surface area contributed by atoms with Crippen LogP contribution in [0.2, 0.25) is 5.02 Å². The lowest BCUT2D eigenvalue weighted by molar-refractivity contribution is 0.187. The molecular formula is C11H9ClFNO3.